The molecule has 0 saturated carbocycles. The quantitative estimate of drug-likeness (QED) is 0.300. The van der Waals surface area contributed by atoms with Crippen LogP contribution in [0.15, 0.2) is 72.8 Å². The third kappa shape index (κ3) is 6.36. The summed E-state index contributed by atoms with van der Waals surface area (Å²) >= 11 is 0. The van der Waals surface area contributed by atoms with Crippen LogP contribution in [0.5, 0.6) is 0 Å². The molecule has 0 aliphatic rings. The van der Waals surface area contributed by atoms with E-state index in [-0.39, 0.29) is 12.4 Å². The first-order valence-electron chi connectivity index (χ1n) is 10.9. The van der Waals surface area contributed by atoms with Gasteiger partial charge >= 0.3 is 0 Å². The summed E-state index contributed by atoms with van der Waals surface area (Å²) in [7, 11) is 0. The normalized spacial score (nSPS) is 11.4. The number of ether oxygens (including phenoxy) is 1. The molecule has 3 aromatic rings. The molecule has 0 radical (unpaired) electrons. The van der Waals surface area contributed by atoms with Crippen LogP contribution in [-0.4, -0.2) is 24.9 Å². The van der Waals surface area contributed by atoms with Crippen molar-refractivity contribution in [2.75, 3.05) is 19.8 Å². The van der Waals surface area contributed by atoms with Gasteiger partial charge in [-0.3, -0.25) is 0 Å². The van der Waals surface area contributed by atoms with Gasteiger partial charge in [-0.25, -0.2) is 4.39 Å². The number of aliphatic hydroxyl groups excluding tert-OH is 1. The Labute approximate surface area is 185 Å². The van der Waals surface area contributed by atoms with Gasteiger partial charge in [0.25, 0.3) is 0 Å². The van der Waals surface area contributed by atoms with Crippen LogP contribution in [-0.2, 0) is 17.6 Å². The van der Waals surface area contributed by atoms with Crippen molar-refractivity contribution in [3.05, 3.63) is 95.3 Å². The van der Waals surface area contributed by atoms with E-state index in [1.165, 1.54) is 5.56 Å². The second-order valence-corrected chi connectivity index (χ2v) is 7.77. The van der Waals surface area contributed by atoms with Crippen molar-refractivity contribution in [1.82, 2.24) is 0 Å². The van der Waals surface area contributed by atoms with E-state index in [4.69, 9.17) is 4.74 Å². The Morgan fingerprint density at radius 2 is 1.58 bits per heavy atom. The summed E-state index contributed by atoms with van der Waals surface area (Å²) in [6.45, 7) is 5.44. The lowest BCUT2D eigenvalue weighted by Crippen LogP contribution is -2.02. The maximum atomic E-state index is 14.9. The fourth-order valence-electron chi connectivity index (χ4n) is 3.68. The van der Waals surface area contributed by atoms with Crippen LogP contribution in [0, 0.1) is 12.7 Å². The van der Waals surface area contributed by atoms with E-state index in [2.05, 4.69) is 6.07 Å². The fraction of sp³-hybridized carbons (Fsp3) is 0.286. The first-order valence-corrected chi connectivity index (χ1v) is 10.9. The molecule has 3 heteroatoms. The van der Waals surface area contributed by atoms with Gasteiger partial charge in [-0.2, -0.15) is 0 Å². The molecular formula is C28H31FO2. The Kier molecular flexibility index (Phi) is 8.57. The van der Waals surface area contributed by atoms with Gasteiger partial charge in [-0.15, -0.1) is 0 Å². The van der Waals surface area contributed by atoms with E-state index in [9.17, 15) is 9.50 Å². The van der Waals surface area contributed by atoms with Crippen molar-refractivity contribution in [3.63, 3.8) is 0 Å². The minimum Gasteiger partial charge on any atom is -0.396 e. The smallest absolute Gasteiger partial charge is 0.131 e. The number of aliphatic hydroxyl groups is 1. The van der Waals surface area contributed by atoms with Gasteiger partial charge in [-0.1, -0.05) is 72.3 Å². The van der Waals surface area contributed by atoms with E-state index < -0.39 is 0 Å². The Bertz CT molecular complexity index is 1010. The van der Waals surface area contributed by atoms with Crippen molar-refractivity contribution >= 4 is 0 Å². The molecule has 3 aromatic carbocycles. The van der Waals surface area contributed by atoms with Gasteiger partial charge in [0.15, 0.2) is 0 Å². The highest BCUT2D eigenvalue weighted by atomic mass is 19.1. The molecule has 162 valence electrons. The number of hydrogen-bond donors (Lipinski definition) is 1. The molecule has 1 N–H and O–H groups in total. The van der Waals surface area contributed by atoms with Crippen LogP contribution >= 0.6 is 0 Å². The number of benzene rings is 3. The summed E-state index contributed by atoms with van der Waals surface area (Å²) in [6.07, 6.45) is 6.36. The SMILES string of the molecule is C/C=C/COCCCc1cc(-c2ccc(-c3ccc(C)cc3)c(F)c2)ccc1CCO. The molecule has 0 aliphatic heterocycles. The van der Waals surface area contributed by atoms with Crippen LogP contribution in [0.2, 0.25) is 0 Å². The molecule has 0 unspecified atom stereocenters. The average molecular weight is 419 g/mol. The lowest BCUT2D eigenvalue weighted by Gasteiger charge is -2.13. The van der Waals surface area contributed by atoms with Crippen molar-refractivity contribution in [1.29, 1.82) is 0 Å². The van der Waals surface area contributed by atoms with Gasteiger partial charge in [0, 0.05) is 18.8 Å². The third-order valence-corrected chi connectivity index (χ3v) is 5.44. The van der Waals surface area contributed by atoms with Crippen LogP contribution in [0.25, 0.3) is 22.3 Å². The van der Waals surface area contributed by atoms with Gasteiger partial charge in [0.1, 0.15) is 5.82 Å². The summed E-state index contributed by atoms with van der Waals surface area (Å²) in [5, 5.41) is 9.41. The van der Waals surface area contributed by atoms with Crippen LogP contribution in [0.1, 0.15) is 30.0 Å². The molecule has 0 atom stereocenters. The predicted molar refractivity (Wildman–Crippen MR) is 127 cm³/mol. The first-order chi connectivity index (χ1) is 15.1. The summed E-state index contributed by atoms with van der Waals surface area (Å²) in [4.78, 5) is 0. The minimum absolute atomic E-state index is 0.115. The van der Waals surface area contributed by atoms with Crippen LogP contribution in [0.4, 0.5) is 4.39 Å². The zero-order valence-corrected chi connectivity index (χ0v) is 18.4. The molecule has 0 aliphatic carbocycles. The van der Waals surface area contributed by atoms with Crippen molar-refractivity contribution < 1.29 is 14.2 Å². The number of hydrogen-bond acceptors (Lipinski definition) is 2. The number of rotatable bonds is 10. The lowest BCUT2D eigenvalue weighted by molar-refractivity contribution is 0.159. The van der Waals surface area contributed by atoms with Gasteiger partial charge in [0.2, 0.25) is 0 Å². The largest absolute Gasteiger partial charge is 0.396 e. The molecule has 0 fully saturated rings. The third-order valence-electron chi connectivity index (χ3n) is 5.44. The van der Waals surface area contributed by atoms with Crippen molar-refractivity contribution in [3.8, 4) is 22.3 Å². The molecule has 3 rings (SSSR count). The minimum atomic E-state index is -0.222. The molecule has 31 heavy (non-hydrogen) atoms. The fourth-order valence-corrected chi connectivity index (χ4v) is 3.68. The Morgan fingerprint density at radius 3 is 2.29 bits per heavy atom. The van der Waals surface area contributed by atoms with Crippen molar-refractivity contribution in [2.45, 2.75) is 33.1 Å². The molecule has 2 nitrogen and oxygen atoms in total. The molecule has 0 saturated heterocycles. The zero-order chi connectivity index (χ0) is 22.1. The van der Waals surface area contributed by atoms with E-state index in [0.717, 1.165) is 40.7 Å². The first kappa shape index (κ1) is 22.9. The maximum Gasteiger partial charge on any atom is 0.131 e. The van der Waals surface area contributed by atoms with Crippen molar-refractivity contribution in [2.24, 2.45) is 0 Å². The maximum absolute atomic E-state index is 14.9. The molecule has 0 heterocycles. The standard InChI is InChI=1S/C28H31FO2/c1-3-4-17-31-18-5-6-24-19-25(12-11-22(24)15-16-30)26-13-14-27(28(29)20-26)23-9-7-21(2)8-10-23/h3-4,7-14,19-20,30H,5-6,15-18H2,1-2H3/b4-3+. The second kappa shape index (κ2) is 11.6. The van der Waals surface area contributed by atoms with E-state index in [1.54, 1.807) is 6.07 Å². The monoisotopic (exact) mass is 418 g/mol. The van der Waals surface area contributed by atoms with Gasteiger partial charge in [0.05, 0.1) is 6.61 Å². The Balaban J connectivity index is 1.79. The number of allylic oxidation sites excluding steroid dienone is 1. The van der Waals surface area contributed by atoms with Crippen LogP contribution in [0.3, 0.4) is 0 Å². The highest BCUT2D eigenvalue weighted by Crippen LogP contribution is 2.30. The summed E-state index contributed by atoms with van der Waals surface area (Å²) in [5.74, 6) is -0.222. The molecule has 0 aromatic heterocycles. The summed E-state index contributed by atoms with van der Waals surface area (Å²) in [6, 6.07) is 19.5. The van der Waals surface area contributed by atoms with Gasteiger partial charge < -0.3 is 9.84 Å². The molecular weight excluding hydrogens is 387 g/mol. The van der Waals surface area contributed by atoms with E-state index >= 15 is 0 Å². The summed E-state index contributed by atoms with van der Waals surface area (Å²) in [5.41, 5.74) is 6.81. The Hall–Kier alpha value is -2.75. The van der Waals surface area contributed by atoms with Gasteiger partial charge in [-0.05, 0) is 67.0 Å². The molecule has 0 spiro atoms. The second-order valence-electron chi connectivity index (χ2n) is 7.77. The number of aryl methyl sites for hydroxylation is 2. The predicted octanol–water partition coefficient (Wildman–Crippen LogP) is 6.53. The topological polar surface area (TPSA) is 29.5 Å². The highest BCUT2D eigenvalue weighted by Gasteiger charge is 2.10. The Morgan fingerprint density at radius 1 is 0.871 bits per heavy atom. The average Bonchev–Trinajstić information content (AvgIpc) is 2.78. The molecule has 0 amide bonds. The summed E-state index contributed by atoms with van der Waals surface area (Å²) < 4.78 is 20.5. The zero-order valence-electron chi connectivity index (χ0n) is 18.4. The highest BCUT2D eigenvalue weighted by molar-refractivity contribution is 5.71. The van der Waals surface area contributed by atoms with Crippen LogP contribution < -0.4 is 0 Å². The number of halogens is 1. The molecule has 0 bridgehead atoms. The van der Waals surface area contributed by atoms with E-state index in [1.807, 2.05) is 74.5 Å². The lowest BCUT2D eigenvalue weighted by atomic mass is 9.94. The van der Waals surface area contributed by atoms with E-state index in [0.29, 0.717) is 25.2 Å².